The van der Waals surface area contributed by atoms with Crippen LogP contribution in [0.5, 0.6) is 0 Å². The first kappa shape index (κ1) is 41.8. The zero-order chi connectivity index (χ0) is 48.7. The maximum absolute atomic E-state index is 5.26. The fraction of sp³-hybridized carbons (Fsp3) is 0. The Hall–Kier alpha value is -9.97. The Bertz CT molecular complexity index is 4580. The molecular weight excluding hydrogens is 899 g/mol. The van der Waals surface area contributed by atoms with Crippen LogP contribution in [0.15, 0.2) is 261 Å². The molecule has 344 valence electrons. The molecule has 0 atom stereocenters. The third-order valence-corrected chi connectivity index (χ3v) is 15.0. The van der Waals surface area contributed by atoms with Crippen LogP contribution in [0.1, 0.15) is 0 Å². The minimum Gasteiger partial charge on any atom is -0.309 e. The van der Waals surface area contributed by atoms with Crippen molar-refractivity contribution in [3.63, 3.8) is 0 Å². The second kappa shape index (κ2) is 16.8. The summed E-state index contributed by atoms with van der Waals surface area (Å²) in [5.41, 5.74) is 14.4. The highest BCUT2D eigenvalue weighted by Crippen LogP contribution is 2.43. The molecule has 0 unspecified atom stereocenters. The second-order valence-electron chi connectivity index (χ2n) is 19.1. The average Bonchev–Trinajstić information content (AvgIpc) is 4.02. The van der Waals surface area contributed by atoms with Crippen molar-refractivity contribution in [2.75, 3.05) is 0 Å². The Balaban J connectivity index is 0.785. The summed E-state index contributed by atoms with van der Waals surface area (Å²) in [6.45, 7) is 0. The van der Waals surface area contributed by atoms with Crippen LogP contribution in [0.4, 0.5) is 0 Å². The molecular formula is C69H43N5. The van der Waals surface area contributed by atoms with Gasteiger partial charge in [-0.1, -0.05) is 224 Å². The summed E-state index contributed by atoms with van der Waals surface area (Å²) in [6.07, 6.45) is 0. The van der Waals surface area contributed by atoms with Gasteiger partial charge in [-0.3, -0.25) is 4.57 Å². The van der Waals surface area contributed by atoms with E-state index in [0.717, 1.165) is 66.0 Å². The molecule has 0 aliphatic carbocycles. The average molecular weight is 942 g/mol. The molecule has 0 bridgehead atoms. The fourth-order valence-corrected chi connectivity index (χ4v) is 11.5. The molecule has 0 saturated carbocycles. The van der Waals surface area contributed by atoms with Gasteiger partial charge >= 0.3 is 0 Å². The summed E-state index contributed by atoms with van der Waals surface area (Å²) in [6, 6.07) is 93.6. The zero-order valence-electron chi connectivity index (χ0n) is 40.1. The molecule has 5 heteroatoms. The molecule has 0 aliphatic heterocycles. The van der Waals surface area contributed by atoms with Gasteiger partial charge in [0, 0.05) is 38.4 Å². The van der Waals surface area contributed by atoms with Crippen molar-refractivity contribution in [3.05, 3.63) is 261 Å². The van der Waals surface area contributed by atoms with Crippen LogP contribution in [0.25, 0.3) is 144 Å². The largest absolute Gasteiger partial charge is 0.309 e. The van der Waals surface area contributed by atoms with Gasteiger partial charge < -0.3 is 4.57 Å². The Morgan fingerprint density at radius 3 is 1.16 bits per heavy atom. The lowest BCUT2D eigenvalue weighted by atomic mass is 9.91. The van der Waals surface area contributed by atoms with Gasteiger partial charge in [0.25, 0.3) is 0 Å². The summed E-state index contributed by atoms with van der Waals surface area (Å²) in [5, 5.41) is 12.3. The summed E-state index contributed by atoms with van der Waals surface area (Å²) in [7, 11) is 0. The number of hydrogen-bond donors (Lipinski definition) is 0. The van der Waals surface area contributed by atoms with E-state index in [1.807, 2.05) is 36.4 Å². The molecule has 0 amide bonds. The number of nitrogens with zero attached hydrogens (tertiary/aromatic N) is 5. The summed E-state index contributed by atoms with van der Waals surface area (Å²) in [5.74, 6) is 1.82. The zero-order valence-corrected chi connectivity index (χ0v) is 40.1. The second-order valence-corrected chi connectivity index (χ2v) is 19.1. The van der Waals surface area contributed by atoms with Gasteiger partial charge in [-0.2, -0.15) is 9.97 Å². The lowest BCUT2D eigenvalue weighted by molar-refractivity contribution is 0.955. The third kappa shape index (κ3) is 6.68. The smallest absolute Gasteiger partial charge is 0.238 e. The standard InChI is InChI=1S/C69H43N5/c1-3-15-49(16-4-1)67-70-68(50-17-5-2-6-18-50)72-69(71-67)74-62-25-13-11-23-58(62)59-41-42-64-65(66(59)74)60-24-12-14-26-63(60)73(64)52-38-35-47(36-39-52)46-29-27-44(28-30-46)45-31-33-48(34-32-45)51-37-40-57-55-21-8-7-19-53(55)54-20-9-10-22-56(54)61(57)43-51/h1-43H. The predicted molar refractivity (Wildman–Crippen MR) is 308 cm³/mol. The van der Waals surface area contributed by atoms with Crippen molar-refractivity contribution in [1.29, 1.82) is 0 Å². The van der Waals surface area contributed by atoms with Crippen LogP contribution >= 0.6 is 0 Å². The Morgan fingerprint density at radius 1 is 0.230 bits per heavy atom. The molecule has 0 radical (unpaired) electrons. The Morgan fingerprint density at radius 2 is 0.622 bits per heavy atom. The van der Waals surface area contributed by atoms with Crippen molar-refractivity contribution in [1.82, 2.24) is 24.1 Å². The van der Waals surface area contributed by atoms with Crippen molar-refractivity contribution in [2.24, 2.45) is 0 Å². The van der Waals surface area contributed by atoms with E-state index in [4.69, 9.17) is 15.0 Å². The van der Waals surface area contributed by atoms with Gasteiger partial charge in [0.05, 0.1) is 22.1 Å². The number of fused-ring (bicyclic) bond motifs is 13. The van der Waals surface area contributed by atoms with E-state index in [9.17, 15) is 0 Å². The van der Waals surface area contributed by atoms with E-state index in [1.54, 1.807) is 0 Å². The number of rotatable bonds is 7. The first-order valence-electron chi connectivity index (χ1n) is 25.2. The first-order valence-corrected chi connectivity index (χ1v) is 25.2. The van der Waals surface area contributed by atoms with Crippen molar-refractivity contribution in [3.8, 4) is 67.8 Å². The molecule has 5 nitrogen and oxygen atoms in total. The molecule has 15 aromatic rings. The number of hydrogen-bond acceptors (Lipinski definition) is 3. The Kier molecular flexibility index (Phi) is 9.50. The quantitative estimate of drug-likeness (QED) is 0.150. The van der Waals surface area contributed by atoms with Gasteiger partial charge in [0.2, 0.25) is 5.95 Å². The van der Waals surface area contributed by atoms with E-state index in [2.05, 4.69) is 234 Å². The van der Waals surface area contributed by atoms with Crippen molar-refractivity contribution < 1.29 is 0 Å². The molecule has 0 N–H and O–H groups in total. The summed E-state index contributed by atoms with van der Waals surface area (Å²) < 4.78 is 4.64. The first-order chi connectivity index (χ1) is 36.7. The van der Waals surface area contributed by atoms with Crippen LogP contribution in [0.3, 0.4) is 0 Å². The maximum Gasteiger partial charge on any atom is 0.238 e. The van der Waals surface area contributed by atoms with Gasteiger partial charge in [-0.25, -0.2) is 4.98 Å². The van der Waals surface area contributed by atoms with Crippen LogP contribution < -0.4 is 0 Å². The van der Waals surface area contributed by atoms with Gasteiger partial charge in [-0.05, 0) is 102 Å². The summed E-state index contributed by atoms with van der Waals surface area (Å²) >= 11 is 0. The molecule has 0 aliphatic rings. The molecule has 0 spiro atoms. The highest BCUT2D eigenvalue weighted by atomic mass is 15.2. The van der Waals surface area contributed by atoms with Crippen LogP contribution in [-0.4, -0.2) is 24.1 Å². The summed E-state index contributed by atoms with van der Waals surface area (Å²) in [4.78, 5) is 15.6. The normalized spacial score (nSPS) is 11.8. The van der Waals surface area contributed by atoms with Gasteiger partial charge in [0.15, 0.2) is 11.6 Å². The van der Waals surface area contributed by atoms with E-state index < -0.39 is 0 Å². The maximum atomic E-state index is 5.26. The molecule has 15 rings (SSSR count). The highest BCUT2D eigenvalue weighted by molar-refractivity contribution is 6.27. The fourth-order valence-electron chi connectivity index (χ4n) is 11.5. The number of aromatic nitrogens is 5. The molecule has 3 heterocycles. The molecule has 0 saturated heterocycles. The lowest BCUT2D eigenvalue weighted by Crippen LogP contribution is -2.06. The van der Waals surface area contributed by atoms with E-state index >= 15 is 0 Å². The highest BCUT2D eigenvalue weighted by Gasteiger charge is 2.23. The van der Waals surface area contributed by atoms with Crippen LogP contribution in [-0.2, 0) is 0 Å². The van der Waals surface area contributed by atoms with Crippen molar-refractivity contribution >= 4 is 75.9 Å². The minimum absolute atomic E-state index is 0.574. The lowest BCUT2D eigenvalue weighted by Gasteiger charge is -2.12. The number of para-hydroxylation sites is 2. The molecule has 74 heavy (non-hydrogen) atoms. The van der Waals surface area contributed by atoms with Crippen LogP contribution in [0, 0.1) is 0 Å². The molecule has 12 aromatic carbocycles. The SMILES string of the molecule is c1ccc(-c2nc(-c3ccccc3)nc(-n3c4ccccc4c4ccc5c(c6ccccc6n5-c5ccc(-c6ccc(-c7ccc(-c8ccc9c%10ccccc%10c%10ccccc%10c9c8)cc7)cc6)cc5)c43)n2)cc1. The van der Waals surface area contributed by atoms with E-state index in [1.165, 1.54) is 60.1 Å². The number of benzene rings is 12. The molecule has 3 aromatic heterocycles. The van der Waals surface area contributed by atoms with E-state index in [0.29, 0.717) is 17.6 Å². The predicted octanol–water partition coefficient (Wildman–Crippen LogP) is 17.9. The molecule has 0 fully saturated rings. The topological polar surface area (TPSA) is 48.5 Å². The third-order valence-electron chi connectivity index (χ3n) is 15.0. The Labute approximate surface area is 426 Å². The van der Waals surface area contributed by atoms with Gasteiger partial charge in [-0.15, -0.1) is 0 Å². The van der Waals surface area contributed by atoms with Crippen LogP contribution in [0.2, 0.25) is 0 Å². The van der Waals surface area contributed by atoms with Gasteiger partial charge in [0.1, 0.15) is 0 Å². The monoisotopic (exact) mass is 941 g/mol. The minimum atomic E-state index is 0.574. The van der Waals surface area contributed by atoms with Crippen molar-refractivity contribution in [2.45, 2.75) is 0 Å². The van der Waals surface area contributed by atoms with E-state index in [-0.39, 0.29) is 0 Å².